The van der Waals surface area contributed by atoms with Crippen LogP contribution in [0.2, 0.25) is 0 Å². The number of nitrogens with one attached hydrogen (secondary N) is 1. The van der Waals surface area contributed by atoms with E-state index in [1.807, 2.05) is 43.3 Å². The predicted molar refractivity (Wildman–Crippen MR) is 110 cm³/mol. The van der Waals surface area contributed by atoms with Crippen LogP contribution in [0, 0.1) is 0 Å². The van der Waals surface area contributed by atoms with Gasteiger partial charge in [0.15, 0.2) is 0 Å². The molecule has 136 valence electrons. The van der Waals surface area contributed by atoms with Crippen LogP contribution in [0.5, 0.6) is 5.75 Å². The van der Waals surface area contributed by atoms with Crippen LogP contribution in [0.4, 0.5) is 0 Å². The Balaban J connectivity index is 1.46. The van der Waals surface area contributed by atoms with E-state index in [4.69, 9.17) is 4.74 Å². The third kappa shape index (κ3) is 3.87. The summed E-state index contributed by atoms with van der Waals surface area (Å²) < 4.78 is 5.69. The van der Waals surface area contributed by atoms with Gasteiger partial charge in [0.1, 0.15) is 5.75 Å². The lowest BCUT2D eigenvalue weighted by molar-refractivity contribution is -0.117. The summed E-state index contributed by atoms with van der Waals surface area (Å²) in [7, 11) is 0. The van der Waals surface area contributed by atoms with Crippen molar-refractivity contribution < 1.29 is 9.53 Å². The molecular weight excluding hydrogens is 334 g/mol. The second-order valence-electron chi connectivity index (χ2n) is 6.95. The van der Waals surface area contributed by atoms with Gasteiger partial charge in [-0.3, -0.25) is 4.79 Å². The molecule has 1 N–H and O–H groups in total. The number of hydrogen-bond acceptors (Lipinski definition) is 2. The maximum atomic E-state index is 12.4. The Labute approximate surface area is 159 Å². The van der Waals surface area contributed by atoms with Gasteiger partial charge in [0.25, 0.3) is 0 Å². The van der Waals surface area contributed by atoms with Crippen LogP contribution in [0.25, 0.3) is 16.8 Å². The molecule has 0 spiro atoms. The van der Waals surface area contributed by atoms with Gasteiger partial charge in [0.05, 0.1) is 12.6 Å². The van der Waals surface area contributed by atoms with Gasteiger partial charge in [0.2, 0.25) is 5.91 Å². The molecule has 1 aliphatic rings. The molecule has 0 saturated carbocycles. The molecule has 0 saturated heterocycles. The number of rotatable bonds is 4. The summed E-state index contributed by atoms with van der Waals surface area (Å²) in [5.74, 6) is 0.846. The zero-order chi connectivity index (χ0) is 18.6. The minimum absolute atomic E-state index is 0.0558. The number of carbonyl (C=O) groups is 1. The highest BCUT2D eigenvalue weighted by molar-refractivity contribution is 5.92. The average molecular weight is 357 g/mol. The van der Waals surface area contributed by atoms with Crippen molar-refractivity contribution in [3.05, 3.63) is 83.4 Å². The molecule has 1 heterocycles. The number of ether oxygens (including phenoxy) is 1. The number of benzene rings is 3. The third-order valence-corrected chi connectivity index (χ3v) is 5.04. The molecule has 1 amide bonds. The Morgan fingerprint density at radius 3 is 2.81 bits per heavy atom. The average Bonchev–Trinajstić information content (AvgIpc) is 2.71. The quantitative estimate of drug-likeness (QED) is 0.663. The molecule has 3 heteroatoms. The zero-order valence-electron chi connectivity index (χ0n) is 15.4. The van der Waals surface area contributed by atoms with E-state index < -0.39 is 0 Å². The number of hydrogen-bond donors (Lipinski definition) is 1. The van der Waals surface area contributed by atoms with Crippen LogP contribution in [0.15, 0.2) is 66.7 Å². The minimum Gasteiger partial charge on any atom is -0.493 e. The lowest BCUT2D eigenvalue weighted by Gasteiger charge is -2.19. The smallest absolute Gasteiger partial charge is 0.244 e. The highest BCUT2D eigenvalue weighted by atomic mass is 16.5. The summed E-state index contributed by atoms with van der Waals surface area (Å²) in [6.45, 7) is 2.78. The molecule has 0 fully saturated rings. The number of carbonyl (C=O) groups excluding carboxylic acids is 1. The summed E-state index contributed by atoms with van der Waals surface area (Å²) in [5, 5.41) is 5.44. The topological polar surface area (TPSA) is 38.3 Å². The fourth-order valence-corrected chi connectivity index (χ4v) is 3.56. The molecule has 3 aromatic rings. The first kappa shape index (κ1) is 17.3. The van der Waals surface area contributed by atoms with Crippen LogP contribution < -0.4 is 10.1 Å². The fourth-order valence-electron chi connectivity index (χ4n) is 3.56. The summed E-state index contributed by atoms with van der Waals surface area (Å²) in [4.78, 5) is 12.4. The maximum Gasteiger partial charge on any atom is 0.244 e. The van der Waals surface area contributed by atoms with Crippen molar-refractivity contribution in [2.75, 3.05) is 6.61 Å². The lowest BCUT2D eigenvalue weighted by atomic mass is 9.99. The van der Waals surface area contributed by atoms with E-state index in [1.54, 1.807) is 6.08 Å². The highest BCUT2D eigenvalue weighted by Crippen LogP contribution is 2.28. The van der Waals surface area contributed by atoms with Gasteiger partial charge in [-0.15, -0.1) is 0 Å². The highest BCUT2D eigenvalue weighted by Gasteiger charge is 2.13. The Morgan fingerprint density at radius 2 is 1.93 bits per heavy atom. The molecule has 27 heavy (non-hydrogen) atoms. The Hall–Kier alpha value is -3.07. The van der Waals surface area contributed by atoms with Crippen molar-refractivity contribution in [1.29, 1.82) is 0 Å². The second-order valence-corrected chi connectivity index (χ2v) is 6.95. The second kappa shape index (κ2) is 7.67. The third-order valence-electron chi connectivity index (χ3n) is 5.04. The predicted octanol–water partition coefficient (Wildman–Crippen LogP) is 5.06. The normalized spacial score (nSPS) is 14.6. The monoisotopic (exact) mass is 357 g/mol. The van der Waals surface area contributed by atoms with Crippen molar-refractivity contribution in [2.45, 2.75) is 25.8 Å². The minimum atomic E-state index is -0.0926. The van der Waals surface area contributed by atoms with E-state index in [9.17, 15) is 4.79 Å². The molecule has 0 aliphatic carbocycles. The molecular formula is C24H23NO2. The molecule has 3 aromatic carbocycles. The summed E-state index contributed by atoms with van der Waals surface area (Å²) >= 11 is 0. The molecule has 0 radical (unpaired) electrons. The van der Waals surface area contributed by atoms with E-state index in [2.05, 4.69) is 35.6 Å². The first-order chi connectivity index (χ1) is 13.2. The van der Waals surface area contributed by atoms with Gasteiger partial charge in [-0.2, -0.15) is 0 Å². The Bertz CT molecular complexity index is 1010. The summed E-state index contributed by atoms with van der Waals surface area (Å²) in [6.07, 6.45) is 5.51. The summed E-state index contributed by atoms with van der Waals surface area (Å²) in [5.41, 5.74) is 3.34. The van der Waals surface area contributed by atoms with E-state index in [0.717, 1.165) is 36.3 Å². The maximum absolute atomic E-state index is 12.4. The van der Waals surface area contributed by atoms with Crippen LogP contribution in [-0.4, -0.2) is 12.5 Å². The van der Waals surface area contributed by atoms with E-state index >= 15 is 0 Å². The molecule has 0 aromatic heterocycles. The van der Waals surface area contributed by atoms with E-state index in [-0.39, 0.29) is 11.9 Å². The van der Waals surface area contributed by atoms with Crippen LogP contribution in [0.3, 0.4) is 0 Å². The Morgan fingerprint density at radius 1 is 1.07 bits per heavy atom. The molecule has 4 rings (SSSR count). The van der Waals surface area contributed by atoms with Gasteiger partial charge in [-0.1, -0.05) is 48.5 Å². The Kier molecular flexibility index (Phi) is 4.93. The number of fused-ring (bicyclic) bond motifs is 2. The van der Waals surface area contributed by atoms with Crippen molar-refractivity contribution in [2.24, 2.45) is 0 Å². The SMILES string of the molecule is C[C@H](NC(=O)/C=C/c1cccc2c1CCCO2)c1ccc2ccccc2c1. The molecule has 1 aliphatic heterocycles. The standard InChI is InChI=1S/C24H23NO2/c1-17(20-12-11-18-6-2-3-7-21(18)16-20)25-24(26)14-13-19-8-4-10-23-22(19)9-5-15-27-23/h2-4,6-8,10-14,16-17H,5,9,15H2,1H3,(H,25,26)/b14-13+/t17-/m0/s1. The van der Waals surface area contributed by atoms with Crippen LogP contribution >= 0.6 is 0 Å². The van der Waals surface area contributed by atoms with Gasteiger partial charge >= 0.3 is 0 Å². The zero-order valence-corrected chi connectivity index (χ0v) is 15.4. The molecule has 1 atom stereocenters. The largest absolute Gasteiger partial charge is 0.493 e. The van der Waals surface area contributed by atoms with Crippen LogP contribution in [0.1, 0.15) is 36.1 Å². The molecule has 0 bridgehead atoms. The van der Waals surface area contributed by atoms with Gasteiger partial charge < -0.3 is 10.1 Å². The summed E-state index contributed by atoms with van der Waals surface area (Å²) in [6, 6.07) is 20.5. The number of amides is 1. The first-order valence-corrected chi connectivity index (χ1v) is 9.43. The van der Waals surface area contributed by atoms with Crippen molar-refractivity contribution in [3.8, 4) is 5.75 Å². The van der Waals surface area contributed by atoms with Crippen molar-refractivity contribution in [3.63, 3.8) is 0 Å². The van der Waals surface area contributed by atoms with E-state index in [1.165, 1.54) is 16.3 Å². The van der Waals surface area contributed by atoms with Crippen molar-refractivity contribution in [1.82, 2.24) is 5.32 Å². The molecule has 3 nitrogen and oxygen atoms in total. The first-order valence-electron chi connectivity index (χ1n) is 9.43. The lowest BCUT2D eigenvalue weighted by Crippen LogP contribution is -2.24. The van der Waals surface area contributed by atoms with E-state index in [0.29, 0.717) is 0 Å². The van der Waals surface area contributed by atoms with Crippen molar-refractivity contribution >= 4 is 22.8 Å². The molecule has 0 unspecified atom stereocenters. The van der Waals surface area contributed by atoms with Gasteiger partial charge in [0, 0.05) is 11.6 Å². The van der Waals surface area contributed by atoms with Gasteiger partial charge in [-0.25, -0.2) is 0 Å². The van der Waals surface area contributed by atoms with Gasteiger partial charge in [-0.05, 0) is 59.9 Å². The fraction of sp³-hybridized carbons (Fsp3) is 0.208. The van der Waals surface area contributed by atoms with Crippen LogP contribution in [-0.2, 0) is 11.2 Å².